The van der Waals surface area contributed by atoms with Crippen LogP contribution in [0.25, 0.3) is 5.69 Å². The number of H-pyrrole nitrogens is 1. The van der Waals surface area contributed by atoms with E-state index in [9.17, 15) is 24.6 Å². The third kappa shape index (κ3) is 9.09. The van der Waals surface area contributed by atoms with Gasteiger partial charge in [0.15, 0.2) is 0 Å². The van der Waals surface area contributed by atoms with Crippen LogP contribution in [0.5, 0.6) is 0 Å². The van der Waals surface area contributed by atoms with Gasteiger partial charge in [-0.25, -0.2) is 14.4 Å². The smallest absolute Gasteiger partial charge is 0.272 e. The van der Waals surface area contributed by atoms with Crippen LogP contribution in [0.4, 0.5) is 15.8 Å². The van der Waals surface area contributed by atoms with E-state index >= 15 is 0 Å². The Kier molecular flexibility index (Phi) is 11.8. The number of nitro benzene ring substituents is 2. The molecule has 0 aliphatic rings. The minimum absolute atomic E-state index is 0. The number of rotatable bonds is 3. The fourth-order valence-corrected chi connectivity index (χ4v) is 1.98. The van der Waals surface area contributed by atoms with E-state index < -0.39 is 15.7 Å². The summed E-state index contributed by atoms with van der Waals surface area (Å²) >= 11 is 0. The molecule has 2 aromatic heterocycles. The van der Waals surface area contributed by atoms with Crippen molar-refractivity contribution in [2.75, 3.05) is 0 Å². The monoisotopic (exact) mass is 430 g/mol. The van der Waals surface area contributed by atoms with E-state index in [1.807, 2.05) is 0 Å². The van der Waals surface area contributed by atoms with Gasteiger partial charge in [-0.3, -0.25) is 20.2 Å². The van der Waals surface area contributed by atoms with Crippen molar-refractivity contribution in [1.29, 1.82) is 0 Å². The fraction of sp³-hybridized carbons (Fsp3) is 0.100. The second-order valence-corrected chi connectivity index (χ2v) is 5.24. The Bertz CT molecular complexity index is 1020. The molecule has 1 N–H and O–H groups in total. The molecule has 0 radical (unpaired) electrons. The second kappa shape index (κ2) is 13.7. The van der Waals surface area contributed by atoms with Gasteiger partial charge in [0, 0.05) is 43.0 Å². The number of nitrogens with zero attached hydrogens (tertiary/aromatic N) is 5. The zero-order valence-corrected chi connectivity index (χ0v) is 14.8. The molecule has 0 saturated heterocycles. The zero-order valence-electron chi connectivity index (χ0n) is 14.8. The minimum Gasteiger partial charge on any atom is -0.351 e. The lowest BCUT2D eigenvalue weighted by Gasteiger charge is -2.00. The van der Waals surface area contributed by atoms with Crippen molar-refractivity contribution in [3.05, 3.63) is 112 Å². The summed E-state index contributed by atoms with van der Waals surface area (Å²) in [7, 11) is 0. The van der Waals surface area contributed by atoms with E-state index in [1.54, 1.807) is 54.1 Å². The number of benzene rings is 2. The van der Waals surface area contributed by atoms with Crippen molar-refractivity contribution in [2.24, 2.45) is 0 Å². The number of halogens is 1. The average molecular weight is 430 g/mol. The predicted octanol–water partition coefficient (Wildman–Crippen LogP) is 5.20. The van der Waals surface area contributed by atoms with Crippen molar-refractivity contribution in [2.45, 2.75) is 14.9 Å². The number of nitrogens with one attached hydrogen (secondary N) is 1. The van der Waals surface area contributed by atoms with Gasteiger partial charge >= 0.3 is 0 Å². The first kappa shape index (κ1) is 26.6. The van der Waals surface area contributed by atoms with Crippen LogP contribution in [0.3, 0.4) is 0 Å². The van der Waals surface area contributed by atoms with Gasteiger partial charge in [-0.2, -0.15) is 0 Å². The standard InChI is InChI=1S/C9H7N3O2.C6H4FNO2.C3H4N2.2CH4/c13-12(14)9-3-1-2-8(6-9)11-5-4-10-7-11;7-5-2-1-3-6(4-5)8(9)10;1-2-5-3-4-1;;/h1-7H;1-4H;1-3H,(H,4,5);2*1H4. The van der Waals surface area contributed by atoms with Crippen molar-refractivity contribution >= 4 is 11.4 Å². The van der Waals surface area contributed by atoms with E-state index in [-0.39, 0.29) is 26.2 Å². The molecule has 0 saturated carbocycles. The molecule has 2 aromatic carbocycles. The summed E-state index contributed by atoms with van der Waals surface area (Å²) in [5, 5.41) is 20.5. The van der Waals surface area contributed by atoms with E-state index in [0.29, 0.717) is 0 Å². The van der Waals surface area contributed by atoms with Crippen LogP contribution in [0.2, 0.25) is 0 Å². The maximum atomic E-state index is 12.2. The third-order valence-electron chi connectivity index (χ3n) is 3.27. The molecule has 11 heteroatoms. The van der Waals surface area contributed by atoms with E-state index in [0.717, 1.165) is 17.8 Å². The quantitative estimate of drug-likeness (QED) is 0.351. The SMILES string of the molecule is C.C.O=[N+]([O-])c1cccc(-n2ccnc2)c1.O=[N+]([O-])c1cccc(F)c1.c1c[nH]cn1. The summed E-state index contributed by atoms with van der Waals surface area (Å²) in [6, 6.07) is 11.0. The molecule has 4 rings (SSSR count). The van der Waals surface area contributed by atoms with Gasteiger partial charge in [0.2, 0.25) is 0 Å². The van der Waals surface area contributed by atoms with E-state index in [4.69, 9.17) is 0 Å². The fourth-order valence-electron chi connectivity index (χ4n) is 1.98. The van der Waals surface area contributed by atoms with Gasteiger partial charge in [0.05, 0.1) is 34.3 Å². The number of non-ortho nitro benzene ring substituents is 2. The molecule has 0 aliphatic heterocycles. The molecule has 4 aromatic rings. The molecular weight excluding hydrogens is 407 g/mol. The number of hydrogen-bond acceptors (Lipinski definition) is 6. The highest BCUT2D eigenvalue weighted by molar-refractivity contribution is 5.42. The maximum absolute atomic E-state index is 12.2. The molecule has 10 nitrogen and oxygen atoms in total. The highest BCUT2D eigenvalue weighted by Gasteiger charge is 2.06. The number of aromatic amines is 1. The molecule has 2 heterocycles. The van der Waals surface area contributed by atoms with Crippen LogP contribution >= 0.6 is 0 Å². The summed E-state index contributed by atoms with van der Waals surface area (Å²) < 4.78 is 13.9. The first-order valence-corrected chi connectivity index (χ1v) is 8.03. The van der Waals surface area contributed by atoms with Crippen LogP contribution < -0.4 is 0 Å². The van der Waals surface area contributed by atoms with Crippen LogP contribution in [-0.4, -0.2) is 29.4 Å². The largest absolute Gasteiger partial charge is 0.351 e. The summed E-state index contributed by atoms with van der Waals surface area (Å²) in [4.78, 5) is 29.7. The van der Waals surface area contributed by atoms with Crippen LogP contribution in [0.1, 0.15) is 14.9 Å². The molecular formula is C20H23FN6O4. The molecule has 0 spiro atoms. The summed E-state index contributed by atoms with van der Waals surface area (Å²) in [5.41, 5.74) is 0.591. The molecule has 0 atom stereocenters. The van der Waals surface area contributed by atoms with Crippen molar-refractivity contribution in [3.63, 3.8) is 0 Å². The van der Waals surface area contributed by atoms with Crippen molar-refractivity contribution in [1.82, 2.24) is 19.5 Å². The number of imidazole rings is 2. The topological polar surface area (TPSA) is 133 Å². The lowest BCUT2D eigenvalue weighted by Crippen LogP contribution is -1.92. The van der Waals surface area contributed by atoms with E-state index in [1.165, 1.54) is 24.3 Å². The van der Waals surface area contributed by atoms with Crippen molar-refractivity contribution < 1.29 is 14.2 Å². The molecule has 0 fully saturated rings. The van der Waals surface area contributed by atoms with Gasteiger partial charge in [-0.1, -0.05) is 27.0 Å². The summed E-state index contributed by atoms with van der Waals surface area (Å²) in [5.74, 6) is -0.589. The van der Waals surface area contributed by atoms with Gasteiger partial charge in [0.25, 0.3) is 11.4 Å². The minimum atomic E-state index is -0.636. The number of hydrogen-bond donors (Lipinski definition) is 1. The van der Waals surface area contributed by atoms with Crippen molar-refractivity contribution in [3.8, 4) is 5.69 Å². The average Bonchev–Trinajstić information content (AvgIpc) is 3.45. The van der Waals surface area contributed by atoms with Gasteiger partial charge < -0.3 is 9.55 Å². The third-order valence-corrected chi connectivity index (χ3v) is 3.27. The highest BCUT2D eigenvalue weighted by atomic mass is 19.1. The lowest BCUT2D eigenvalue weighted by atomic mass is 10.3. The molecule has 0 unspecified atom stereocenters. The Morgan fingerprint density at radius 2 is 1.55 bits per heavy atom. The summed E-state index contributed by atoms with van der Waals surface area (Å²) in [6.07, 6.45) is 10.0. The number of aromatic nitrogens is 4. The Morgan fingerprint density at radius 3 is 1.97 bits per heavy atom. The number of nitro groups is 2. The second-order valence-electron chi connectivity index (χ2n) is 5.24. The van der Waals surface area contributed by atoms with E-state index in [2.05, 4.69) is 15.0 Å². The predicted molar refractivity (Wildman–Crippen MR) is 115 cm³/mol. The Hall–Kier alpha value is -4.41. The molecule has 164 valence electrons. The Morgan fingerprint density at radius 1 is 0.903 bits per heavy atom. The molecule has 0 bridgehead atoms. The maximum Gasteiger partial charge on any atom is 0.272 e. The lowest BCUT2D eigenvalue weighted by molar-refractivity contribution is -0.385. The van der Waals surface area contributed by atoms with Gasteiger partial charge in [-0.05, 0) is 12.1 Å². The normalized spacial score (nSPS) is 8.81. The Labute approximate surface area is 178 Å². The first-order chi connectivity index (χ1) is 14.0. The van der Waals surface area contributed by atoms with Gasteiger partial charge in [0.1, 0.15) is 5.82 Å². The first-order valence-electron chi connectivity index (χ1n) is 8.03. The Balaban J connectivity index is 0.000000465. The highest BCUT2D eigenvalue weighted by Crippen LogP contribution is 2.16. The zero-order chi connectivity index (χ0) is 21.1. The van der Waals surface area contributed by atoms with Crippen LogP contribution in [0, 0.1) is 26.0 Å². The molecule has 31 heavy (non-hydrogen) atoms. The molecule has 0 amide bonds. The van der Waals surface area contributed by atoms with Crippen LogP contribution in [0.15, 0.2) is 86.0 Å². The molecule has 0 aliphatic carbocycles. The van der Waals surface area contributed by atoms with Gasteiger partial charge in [-0.15, -0.1) is 0 Å². The summed E-state index contributed by atoms with van der Waals surface area (Å²) in [6.45, 7) is 0. The van der Waals surface area contributed by atoms with Crippen LogP contribution in [-0.2, 0) is 0 Å².